The molecule has 4 rings (SSSR count). The Bertz CT molecular complexity index is 669. The molecule has 0 amide bonds. The first-order chi connectivity index (χ1) is 13.3. The fraction of sp³-hybridized carbons (Fsp3) is 0.810. The summed E-state index contributed by atoms with van der Waals surface area (Å²) >= 11 is 0. The highest BCUT2D eigenvalue weighted by Gasteiger charge is 2.24. The van der Waals surface area contributed by atoms with Crippen LogP contribution in [0.15, 0.2) is 10.9 Å². The predicted molar refractivity (Wildman–Crippen MR) is 106 cm³/mol. The summed E-state index contributed by atoms with van der Waals surface area (Å²) in [6, 6.07) is 3.02. The minimum absolute atomic E-state index is 0.0736. The normalized spacial score (nSPS) is 24.7. The highest BCUT2D eigenvalue weighted by atomic mass is 16.5. The van der Waals surface area contributed by atoms with Gasteiger partial charge in [0.05, 0.1) is 12.2 Å². The number of rotatable bonds is 6. The second kappa shape index (κ2) is 9.30. The number of aryl methyl sites for hydroxylation is 2. The third kappa shape index (κ3) is 4.98. The molecular weight excluding hydrogens is 340 g/mol. The first-order valence-electron chi connectivity index (χ1n) is 10.9. The van der Waals surface area contributed by atoms with Crippen LogP contribution < -0.4 is 10.9 Å². The van der Waals surface area contributed by atoms with Gasteiger partial charge in [-0.15, -0.1) is 0 Å². The Morgan fingerprint density at radius 3 is 2.81 bits per heavy atom. The molecule has 0 spiro atoms. The molecule has 1 aliphatic carbocycles. The Morgan fingerprint density at radius 1 is 1.07 bits per heavy atom. The van der Waals surface area contributed by atoms with Crippen molar-refractivity contribution in [3.8, 4) is 0 Å². The van der Waals surface area contributed by atoms with E-state index in [0.717, 1.165) is 64.2 Å². The van der Waals surface area contributed by atoms with Crippen LogP contribution in [0.2, 0.25) is 0 Å². The van der Waals surface area contributed by atoms with Crippen LogP contribution in [0.4, 0.5) is 0 Å². The van der Waals surface area contributed by atoms with E-state index in [2.05, 4.69) is 15.3 Å². The van der Waals surface area contributed by atoms with Gasteiger partial charge in [0.2, 0.25) is 0 Å². The van der Waals surface area contributed by atoms with Gasteiger partial charge in [0.25, 0.3) is 5.56 Å². The summed E-state index contributed by atoms with van der Waals surface area (Å²) in [6.45, 7) is 5.60. The average molecular weight is 375 g/mol. The van der Waals surface area contributed by atoms with Crippen molar-refractivity contribution in [2.24, 2.45) is 0 Å². The van der Waals surface area contributed by atoms with Crippen LogP contribution >= 0.6 is 0 Å². The van der Waals surface area contributed by atoms with E-state index in [1.54, 1.807) is 4.68 Å². The predicted octanol–water partition coefficient (Wildman–Crippen LogP) is 1.75. The number of fused-ring (bicyclic) bond motifs is 1. The number of hydrogen-bond donors (Lipinski definition) is 1. The molecule has 1 aromatic heterocycles. The number of nitrogens with zero attached hydrogens (tertiary/aromatic N) is 3. The first kappa shape index (κ1) is 19.1. The van der Waals surface area contributed by atoms with Gasteiger partial charge in [0, 0.05) is 44.5 Å². The third-order valence-corrected chi connectivity index (χ3v) is 6.49. The standard InChI is InChI=1S/C21H34N4O2/c26-21-15-17-5-1-2-7-20(17)23-25(21)12-11-24-10-4-3-6-19(24)16-22-18-8-13-27-14-9-18/h15,18-19,22H,1-14,16H2. The van der Waals surface area contributed by atoms with Crippen LogP contribution in [-0.2, 0) is 24.1 Å². The quantitative estimate of drug-likeness (QED) is 0.822. The molecule has 0 aromatic carbocycles. The van der Waals surface area contributed by atoms with Gasteiger partial charge in [0.15, 0.2) is 0 Å². The molecule has 1 aromatic rings. The van der Waals surface area contributed by atoms with Crippen molar-refractivity contribution < 1.29 is 4.74 Å². The van der Waals surface area contributed by atoms with E-state index in [9.17, 15) is 4.79 Å². The molecule has 1 N–H and O–H groups in total. The zero-order valence-electron chi connectivity index (χ0n) is 16.5. The first-order valence-corrected chi connectivity index (χ1v) is 10.9. The average Bonchev–Trinajstić information content (AvgIpc) is 2.72. The van der Waals surface area contributed by atoms with Crippen LogP contribution in [0.1, 0.15) is 56.2 Å². The minimum atomic E-state index is 0.0736. The number of nitrogens with one attached hydrogen (secondary N) is 1. The van der Waals surface area contributed by atoms with Crippen molar-refractivity contribution in [3.05, 3.63) is 27.7 Å². The van der Waals surface area contributed by atoms with Gasteiger partial charge >= 0.3 is 0 Å². The van der Waals surface area contributed by atoms with Gasteiger partial charge in [0.1, 0.15) is 0 Å². The molecule has 27 heavy (non-hydrogen) atoms. The van der Waals surface area contributed by atoms with E-state index in [-0.39, 0.29) is 5.56 Å². The lowest BCUT2D eigenvalue weighted by Crippen LogP contribution is -2.49. The summed E-state index contributed by atoms with van der Waals surface area (Å²) in [6.07, 6.45) is 10.5. The van der Waals surface area contributed by atoms with Crippen molar-refractivity contribution in [2.45, 2.75) is 76.4 Å². The van der Waals surface area contributed by atoms with E-state index < -0.39 is 0 Å². The Labute approximate surface area is 162 Å². The van der Waals surface area contributed by atoms with Crippen LogP contribution in [0.5, 0.6) is 0 Å². The monoisotopic (exact) mass is 374 g/mol. The lowest BCUT2D eigenvalue weighted by molar-refractivity contribution is 0.0719. The van der Waals surface area contributed by atoms with Crippen LogP contribution in [0.25, 0.3) is 0 Å². The molecule has 2 fully saturated rings. The molecule has 3 aliphatic rings. The summed E-state index contributed by atoms with van der Waals surface area (Å²) in [4.78, 5) is 15.0. The minimum Gasteiger partial charge on any atom is -0.381 e. The maximum Gasteiger partial charge on any atom is 0.267 e. The molecular formula is C21H34N4O2. The maximum absolute atomic E-state index is 12.4. The Kier molecular flexibility index (Phi) is 6.58. The molecule has 6 heteroatoms. The SMILES string of the molecule is O=c1cc2c(nn1CCN1CCCCC1CNC1CCOCC1)CCCC2. The van der Waals surface area contributed by atoms with E-state index in [0.29, 0.717) is 18.6 Å². The van der Waals surface area contributed by atoms with Gasteiger partial charge in [-0.2, -0.15) is 5.10 Å². The van der Waals surface area contributed by atoms with E-state index in [4.69, 9.17) is 4.74 Å². The molecule has 6 nitrogen and oxygen atoms in total. The number of ether oxygens (including phenoxy) is 1. The lowest BCUT2D eigenvalue weighted by atomic mass is 9.97. The fourth-order valence-electron chi connectivity index (χ4n) is 4.77. The summed E-state index contributed by atoms with van der Waals surface area (Å²) in [7, 11) is 0. The summed E-state index contributed by atoms with van der Waals surface area (Å²) < 4.78 is 7.17. The van der Waals surface area contributed by atoms with Gasteiger partial charge in [-0.3, -0.25) is 9.69 Å². The molecule has 3 heterocycles. The molecule has 1 atom stereocenters. The van der Waals surface area contributed by atoms with Crippen molar-refractivity contribution in [3.63, 3.8) is 0 Å². The number of aromatic nitrogens is 2. The zero-order valence-corrected chi connectivity index (χ0v) is 16.5. The molecule has 0 bridgehead atoms. The van der Waals surface area contributed by atoms with Crippen LogP contribution in [-0.4, -0.2) is 59.6 Å². The highest BCUT2D eigenvalue weighted by molar-refractivity contribution is 5.20. The largest absolute Gasteiger partial charge is 0.381 e. The van der Waals surface area contributed by atoms with Crippen molar-refractivity contribution in [2.75, 3.05) is 32.8 Å². The second-order valence-corrected chi connectivity index (χ2v) is 8.37. The number of piperidine rings is 1. The Hall–Kier alpha value is -1.24. The molecule has 2 aliphatic heterocycles. The zero-order chi connectivity index (χ0) is 18.5. The molecule has 0 saturated carbocycles. The summed E-state index contributed by atoms with van der Waals surface area (Å²) in [5.74, 6) is 0. The van der Waals surface area contributed by atoms with Crippen molar-refractivity contribution in [1.29, 1.82) is 0 Å². The van der Waals surface area contributed by atoms with Gasteiger partial charge < -0.3 is 10.1 Å². The maximum atomic E-state index is 12.4. The number of hydrogen-bond acceptors (Lipinski definition) is 5. The van der Waals surface area contributed by atoms with Crippen molar-refractivity contribution >= 4 is 0 Å². The van der Waals surface area contributed by atoms with Crippen molar-refractivity contribution in [1.82, 2.24) is 20.0 Å². The van der Waals surface area contributed by atoms with Crippen LogP contribution in [0.3, 0.4) is 0 Å². The topological polar surface area (TPSA) is 59.4 Å². The van der Waals surface area contributed by atoms with E-state index >= 15 is 0 Å². The molecule has 2 saturated heterocycles. The number of likely N-dealkylation sites (tertiary alicyclic amines) is 1. The molecule has 1 unspecified atom stereocenters. The second-order valence-electron chi connectivity index (χ2n) is 8.37. The lowest BCUT2D eigenvalue weighted by Gasteiger charge is -2.37. The van der Waals surface area contributed by atoms with Gasteiger partial charge in [-0.1, -0.05) is 6.42 Å². The van der Waals surface area contributed by atoms with Gasteiger partial charge in [-0.05, 0) is 63.5 Å². The summed E-state index contributed by atoms with van der Waals surface area (Å²) in [5.41, 5.74) is 2.40. The van der Waals surface area contributed by atoms with E-state index in [1.165, 1.54) is 37.7 Å². The third-order valence-electron chi connectivity index (χ3n) is 6.49. The molecule has 0 radical (unpaired) electrons. The Morgan fingerprint density at radius 2 is 1.93 bits per heavy atom. The molecule has 150 valence electrons. The van der Waals surface area contributed by atoms with Crippen LogP contribution in [0, 0.1) is 0 Å². The summed E-state index contributed by atoms with van der Waals surface area (Å²) in [5, 5.41) is 8.46. The van der Waals surface area contributed by atoms with Gasteiger partial charge in [-0.25, -0.2) is 4.68 Å². The highest BCUT2D eigenvalue weighted by Crippen LogP contribution is 2.19. The Balaban J connectivity index is 1.33. The smallest absolute Gasteiger partial charge is 0.267 e. The van der Waals surface area contributed by atoms with E-state index in [1.807, 2.05) is 6.07 Å². The fourth-order valence-corrected chi connectivity index (χ4v) is 4.77.